The Hall–Kier alpha value is -3.48. The maximum Gasteiger partial charge on any atom is 0.265 e. The molecular weight excluding hydrogens is 356 g/mol. The van der Waals surface area contributed by atoms with Gasteiger partial charge in [0.1, 0.15) is 6.33 Å². The van der Waals surface area contributed by atoms with Crippen LogP contribution in [0.4, 0.5) is 0 Å². The van der Waals surface area contributed by atoms with Gasteiger partial charge in [0.2, 0.25) is 5.91 Å². The number of amides is 2. The van der Waals surface area contributed by atoms with Gasteiger partial charge in [0.05, 0.1) is 23.1 Å². The Morgan fingerprint density at radius 2 is 1.71 bits per heavy atom. The van der Waals surface area contributed by atoms with Gasteiger partial charge in [-0.1, -0.05) is 12.1 Å². The minimum Gasteiger partial charge on any atom is -0.343 e. The van der Waals surface area contributed by atoms with Gasteiger partial charge in [0, 0.05) is 18.7 Å². The monoisotopic (exact) mass is 376 g/mol. The number of carbonyl (C=O) groups is 2. The second-order valence-corrected chi connectivity index (χ2v) is 6.75. The van der Waals surface area contributed by atoms with Gasteiger partial charge < -0.3 is 10.2 Å². The minimum atomic E-state index is -0.317. The number of fused-ring (bicyclic) bond motifs is 1. The van der Waals surface area contributed by atoms with E-state index in [1.54, 1.807) is 47.4 Å². The fraction of sp³-hybridized carbons (Fsp3) is 0.238. The van der Waals surface area contributed by atoms with Crippen LogP contribution in [0.1, 0.15) is 23.2 Å². The Morgan fingerprint density at radius 1 is 1.00 bits per heavy atom. The van der Waals surface area contributed by atoms with Crippen molar-refractivity contribution in [3.05, 3.63) is 70.8 Å². The van der Waals surface area contributed by atoms with E-state index in [0.29, 0.717) is 22.2 Å². The number of likely N-dealkylation sites (tertiary alicyclic amines) is 1. The summed E-state index contributed by atoms with van der Waals surface area (Å²) in [5.74, 6) is -0.376. The zero-order valence-electron chi connectivity index (χ0n) is 15.3. The molecule has 1 N–H and O–H groups in total. The van der Waals surface area contributed by atoms with Crippen LogP contribution >= 0.6 is 0 Å². The molecule has 7 heteroatoms. The van der Waals surface area contributed by atoms with E-state index >= 15 is 0 Å². The molecule has 0 unspecified atom stereocenters. The number of nitrogens with zero attached hydrogens (tertiary/aromatic N) is 3. The lowest BCUT2D eigenvalue weighted by molar-refractivity contribution is -0.129. The van der Waals surface area contributed by atoms with E-state index in [9.17, 15) is 14.4 Å². The first kappa shape index (κ1) is 17.9. The van der Waals surface area contributed by atoms with Crippen molar-refractivity contribution in [3.63, 3.8) is 0 Å². The maximum atomic E-state index is 12.7. The summed E-state index contributed by atoms with van der Waals surface area (Å²) in [6.45, 7) is 1.52. The summed E-state index contributed by atoms with van der Waals surface area (Å²) < 4.78 is 1.45. The Balaban J connectivity index is 1.48. The van der Waals surface area contributed by atoms with Gasteiger partial charge in [-0.15, -0.1) is 0 Å². The third-order valence-corrected chi connectivity index (χ3v) is 4.93. The van der Waals surface area contributed by atoms with Gasteiger partial charge in [0.25, 0.3) is 11.5 Å². The van der Waals surface area contributed by atoms with Crippen molar-refractivity contribution in [2.45, 2.75) is 12.8 Å². The number of aromatic nitrogens is 2. The van der Waals surface area contributed by atoms with E-state index in [0.717, 1.165) is 25.9 Å². The third kappa shape index (κ3) is 3.51. The standard InChI is InChI=1S/C21H20N4O3/c26-19(24-11-3-4-12-24)13-22-20(27)15-7-9-16(10-8-15)25-14-23-18-6-2-1-5-17(18)21(25)28/h1-2,5-10,14H,3-4,11-13H2,(H,22,27). The molecule has 0 atom stereocenters. The van der Waals surface area contributed by atoms with Crippen LogP contribution in [0.15, 0.2) is 59.7 Å². The van der Waals surface area contributed by atoms with Gasteiger partial charge in [-0.05, 0) is 49.2 Å². The molecule has 142 valence electrons. The Morgan fingerprint density at radius 3 is 2.46 bits per heavy atom. The molecule has 1 saturated heterocycles. The Bertz CT molecular complexity index is 1080. The van der Waals surface area contributed by atoms with E-state index in [1.165, 1.54) is 10.9 Å². The van der Waals surface area contributed by atoms with Crippen molar-refractivity contribution in [3.8, 4) is 5.69 Å². The normalized spacial score (nSPS) is 13.6. The maximum absolute atomic E-state index is 12.7. The summed E-state index contributed by atoms with van der Waals surface area (Å²) in [5, 5.41) is 3.19. The van der Waals surface area contributed by atoms with Crippen LogP contribution in [0.2, 0.25) is 0 Å². The fourth-order valence-corrected chi connectivity index (χ4v) is 3.36. The average molecular weight is 376 g/mol. The molecule has 0 saturated carbocycles. The van der Waals surface area contributed by atoms with E-state index in [-0.39, 0.29) is 23.9 Å². The molecule has 2 heterocycles. The molecule has 4 rings (SSSR count). The molecule has 2 amide bonds. The Kier molecular flexibility index (Phi) is 4.89. The average Bonchev–Trinajstić information content (AvgIpc) is 3.27. The second-order valence-electron chi connectivity index (χ2n) is 6.75. The molecule has 1 aromatic heterocycles. The van der Waals surface area contributed by atoms with Crippen molar-refractivity contribution < 1.29 is 9.59 Å². The largest absolute Gasteiger partial charge is 0.343 e. The Labute approximate surface area is 161 Å². The third-order valence-electron chi connectivity index (χ3n) is 4.93. The number of carbonyl (C=O) groups excluding carboxylic acids is 2. The molecule has 1 aliphatic heterocycles. The van der Waals surface area contributed by atoms with E-state index in [1.807, 2.05) is 6.07 Å². The van der Waals surface area contributed by atoms with Gasteiger partial charge >= 0.3 is 0 Å². The van der Waals surface area contributed by atoms with Crippen LogP contribution in [-0.2, 0) is 4.79 Å². The number of hydrogen-bond donors (Lipinski definition) is 1. The summed E-state index contributed by atoms with van der Waals surface area (Å²) >= 11 is 0. The molecule has 2 aromatic carbocycles. The first-order valence-corrected chi connectivity index (χ1v) is 9.26. The van der Waals surface area contributed by atoms with Crippen LogP contribution in [-0.4, -0.2) is 45.9 Å². The number of para-hydroxylation sites is 1. The van der Waals surface area contributed by atoms with Crippen LogP contribution < -0.4 is 10.9 Å². The first-order chi connectivity index (χ1) is 13.6. The topological polar surface area (TPSA) is 84.3 Å². The lowest BCUT2D eigenvalue weighted by Crippen LogP contribution is -2.38. The summed E-state index contributed by atoms with van der Waals surface area (Å²) in [6, 6.07) is 13.8. The lowest BCUT2D eigenvalue weighted by atomic mass is 10.2. The summed E-state index contributed by atoms with van der Waals surface area (Å²) in [6.07, 6.45) is 3.52. The van der Waals surface area contributed by atoms with Gasteiger partial charge in [-0.25, -0.2) is 4.98 Å². The predicted molar refractivity (Wildman–Crippen MR) is 105 cm³/mol. The van der Waals surface area contributed by atoms with Crippen molar-refractivity contribution in [2.75, 3.05) is 19.6 Å². The van der Waals surface area contributed by atoms with E-state index < -0.39 is 0 Å². The highest BCUT2D eigenvalue weighted by Crippen LogP contribution is 2.11. The lowest BCUT2D eigenvalue weighted by Gasteiger charge is -2.15. The summed E-state index contributed by atoms with van der Waals surface area (Å²) in [4.78, 5) is 43.0. The molecule has 0 aliphatic carbocycles. The number of benzene rings is 2. The molecule has 0 radical (unpaired) electrons. The zero-order chi connectivity index (χ0) is 19.5. The predicted octanol–water partition coefficient (Wildman–Crippen LogP) is 1.74. The summed E-state index contributed by atoms with van der Waals surface area (Å²) in [5.41, 5.74) is 1.52. The number of rotatable bonds is 4. The molecule has 28 heavy (non-hydrogen) atoms. The van der Waals surface area contributed by atoms with Crippen molar-refractivity contribution in [2.24, 2.45) is 0 Å². The van der Waals surface area contributed by atoms with Crippen LogP contribution in [0.25, 0.3) is 16.6 Å². The van der Waals surface area contributed by atoms with Gasteiger partial charge in [0.15, 0.2) is 0 Å². The first-order valence-electron chi connectivity index (χ1n) is 9.26. The van der Waals surface area contributed by atoms with E-state index in [2.05, 4.69) is 10.3 Å². The smallest absolute Gasteiger partial charge is 0.265 e. The summed E-state index contributed by atoms with van der Waals surface area (Å²) in [7, 11) is 0. The zero-order valence-corrected chi connectivity index (χ0v) is 15.3. The van der Waals surface area contributed by atoms with E-state index in [4.69, 9.17) is 0 Å². The highest BCUT2D eigenvalue weighted by Gasteiger charge is 2.18. The van der Waals surface area contributed by atoms with Crippen molar-refractivity contribution >= 4 is 22.7 Å². The van der Waals surface area contributed by atoms with Gasteiger partial charge in [-0.3, -0.25) is 19.0 Å². The SMILES string of the molecule is O=C(NCC(=O)N1CCCC1)c1ccc(-n2cnc3ccccc3c2=O)cc1. The molecule has 7 nitrogen and oxygen atoms in total. The second kappa shape index (κ2) is 7.64. The molecule has 0 spiro atoms. The van der Waals surface area contributed by atoms with Crippen LogP contribution in [0, 0.1) is 0 Å². The van der Waals surface area contributed by atoms with Crippen molar-refractivity contribution in [1.82, 2.24) is 19.8 Å². The molecular formula is C21H20N4O3. The minimum absolute atomic E-state index is 0.00532. The van der Waals surface area contributed by atoms with Crippen molar-refractivity contribution in [1.29, 1.82) is 0 Å². The highest BCUT2D eigenvalue weighted by atomic mass is 16.2. The number of nitrogens with one attached hydrogen (secondary N) is 1. The fourth-order valence-electron chi connectivity index (χ4n) is 3.36. The van der Waals surface area contributed by atoms with Crippen LogP contribution in [0.3, 0.4) is 0 Å². The quantitative estimate of drug-likeness (QED) is 0.752. The molecule has 0 bridgehead atoms. The van der Waals surface area contributed by atoms with Gasteiger partial charge in [-0.2, -0.15) is 0 Å². The number of hydrogen-bond acceptors (Lipinski definition) is 4. The molecule has 1 aliphatic rings. The molecule has 1 fully saturated rings. The highest BCUT2D eigenvalue weighted by molar-refractivity contribution is 5.96. The van der Waals surface area contributed by atoms with Crippen LogP contribution in [0.5, 0.6) is 0 Å². The molecule has 3 aromatic rings.